The van der Waals surface area contributed by atoms with Gasteiger partial charge in [-0.25, -0.2) is 18.3 Å². The van der Waals surface area contributed by atoms with Gasteiger partial charge in [0.2, 0.25) is 0 Å². The lowest BCUT2D eigenvalue weighted by molar-refractivity contribution is 0.0927. The van der Waals surface area contributed by atoms with Gasteiger partial charge in [0.1, 0.15) is 17.2 Å². The first-order chi connectivity index (χ1) is 18.1. The number of aryl methyl sites for hydroxylation is 1. The maximum atomic E-state index is 14.4. The van der Waals surface area contributed by atoms with E-state index in [0.717, 1.165) is 27.4 Å². The number of nitrogens with zero attached hydrogens (tertiary/aromatic N) is 3. The second-order valence-electron chi connectivity index (χ2n) is 9.45. The highest BCUT2D eigenvalue weighted by Crippen LogP contribution is 2.35. The minimum atomic E-state index is -0.776. The lowest BCUT2D eigenvalue weighted by Gasteiger charge is -2.16. The maximum absolute atomic E-state index is 14.4. The van der Waals surface area contributed by atoms with Crippen LogP contribution in [-0.4, -0.2) is 32.2 Å². The molecule has 2 aromatic carbocycles. The van der Waals surface area contributed by atoms with E-state index in [1.165, 1.54) is 19.1 Å². The second-order valence-corrected chi connectivity index (χ2v) is 9.45. The molecule has 4 aromatic rings. The molecule has 2 heterocycles. The van der Waals surface area contributed by atoms with Crippen molar-refractivity contribution >= 4 is 23.2 Å². The van der Waals surface area contributed by atoms with Gasteiger partial charge in [0.15, 0.2) is 17.2 Å². The third-order valence-electron chi connectivity index (χ3n) is 6.95. The fourth-order valence-electron chi connectivity index (χ4n) is 4.95. The molecule has 0 saturated carbocycles. The Balaban J connectivity index is 1.41. The van der Waals surface area contributed by atoms with Crippen LogP contribution in [0.15, 0.2) is 42.6 Å². The summed E-state index contributed by atoms with van der Waals surface area (Å²) in [4.78, 5) is 42.3. The van der Waals surface area contributed by atoms with E-state index in [1.807, 2.05) is 13.0 Å². The zero-order valence-electron chi connectivity index (χ0n) is 21.1. The lowest BCUT2D eigenvalue weighted by atomic mass is 9.96. The maximum Gasteiger partial charge on any atom is 0.270 e. The molecule has 0 fully saturated rings. The van der Waals surface area contributed by atoms with Crippen LogP contribution in [0.3, 0.4) is 0 Å². The lowest BCUT2D eigenvalue weighted by Crippen LogP contribution is -2.30. The highest BCUT2D eigenvalue weighted by molar-refractivity contribution is 5.99. The number of halogens is 2. The molecule has 1 aliphatic carbocycles. The van der Waals surface area contributed by atoms with Crippen LogP contribution in [0, 0.1) is 25.5 Å². The Morgan fingerprint density at radius 1 is 1.05 bits per heavy atom. The van der Waals surface area contributed by atoms with E-state index in [4.69, 9.17) is 0 Å². The summed E-state index contributed by atoms with van der Waals surface area (Å²) in [6.07, 6.45) is 2.26. The highest BCUT2D eigenvalue weighted by Gasteiger charge is 2.29. The predicted molar refractivity (Wildman–Crippen MR) is 135 cm³/mol. The highest BCUT2D eigenvalue weighted by atomic mass is 19.1. The molecule has 0 radical (unpaired) electrons. The number of amides is 2. The SMILES string of the molecule is CC(=O)c1ccc2c(c1C)CC[C@@H]2NC(=O)c1cc(C(=O)NCc2ccc(F)c(C)c2)nc2c(F)cnn12. The fraction of sp³-hybridized carbons (Fsp3) is 0.250. The molecule has 1 atom stereocenters. The van der Waals surface area contributed by atoms with E-state index < -0.39 is 17.6 Å². The summed E-state index contributed by atoms with van der Waals surface area (Å²) in [6.45, 7) is 5.14. The van der Waals surface area contributed by atoms with Crippen molar-refractivity contribution in [3.8, 4) is 0 Å². The molecule has 1 aliphatic rings. The third-order valence-corrected chi connectivity index (χ3v) is 6.95. The summed E-state index contributed by atoms with van der Waals surface area (Å²) in [5.74, 6) is -2.31. The molecule has 38 heavy (non-hydrogen) atoms. The average molecular weight is 518 g/mol. The van der Waals surface area contributed by atoms with Crippen molar-refractivity contribution in [2.24, 2.45) is 0 Å². The first kappa shape index (κ1) is 25.2. The number of benzene rings is 2. The molecule has 0 unspecified atom stereocenters. The molecule has 2 N–H and O–H groups in total. The Kier molecular flexibility index (Phi) is 6.48. The molecular weight excluding hydrogens is 492 g/mol. The van der Waals surface area contributed by atoms with Crippen LogP contribution in [0.1, 0.15) is 78.5 Å². The summed E-state index contributed by atoms with van der Waals surface area (Å²) in [5.41, 5.74) is 4.17. The van der Waals surface area contributed by atoms with Crippen LogP contribution in [0.2, 0.25) is 0 Å². The Morgan fingerprint density at radius 3 is 2.58 bits per heavy atom. The van der Waals surface area contributed by atoms with Gasteiger partial charge >= 0.3 is 0 Å². The molecular formula is C28H25F2N5O3. The predicted octanol–water partition coefficient (Wildman–Crippen LogP) is 4.17. The summed E-state index contributed by atoms with van der Waals surface area (Å²) < 4.78 is 29.0. The number of ketones is 1. The number of rotatable bonds is 6. The van der Waals surface area contributed by atoms with Gasteiger partial charge in [0.25, 0.3) is 11.8 Å². The molecule has 2 amide bonds. The zero-order chi connectivity index (χ0) is 27.1. The van der Waals surface area contributed by atoms with Crippen LogP contribution in [0.4, 0.5) is 8.78 Å². The van der Waals surface area contributed by atoms with Crippen LogP contribution < -0.4 is 10.6 Å². The van der Waals surface area contributed by atoms with Crippen LogP contribution in [0.25, 0.3) is 5.65 Å². The van der Waals surface area contributed by atoms with Crippen molar-refractivity contribution in [1.29, 1.82) is 0 Å². The molecule has 2 aromatic heterocycles. The normalized spacial score (nSPS) is 14.4. The molecule has 0 bridgehead atoms. The standard InChI is InChI=1S/C28H25F2N5O3/c1-14-10-17(4-8-21(14)29)12-31-27(37)24-11-25(35-26(33-24)22(30)13-32-35)28(38)34-23-9-7-19-15(2)18(16(3)36)5-6-20(19)23/h4-6,8,10-11,13,23H,7,9,12H2,1-3H3,(H,31,37)(H,34,38)/t23-/m0/s1. The summed E-state index contributed by atoms with van der Waals surface area (Å²) in [6, 6.07) is 9.04. The van der Waals surface area contributed by atoms with Crippen molar-refractivity contribution in [3.05, 3.63) is 99.0 Å². The molecule has 194 valence electrons. The minimum absolute atomic E-state index is 0.0157. The Hall–Kier alpha value is -4.47. The van der Waals surface area contributed by atoms with Gasteiger partial charge in [-0.15, -0.1) is 0 Å². The van der Waals surface area contributed by atoms with Crippen molar-refractivity contribution in [2.75, 3.05) is 0 Å². The molecule has 5 rings (SSSR count). The third kappa shape index (κ3) is 4.53. The number of carbonyl (C=O) groups excluding carboxylic acids is 3. The van der Waals surface area contributed by atoms with Gasteiger partial charge in [0, 0.05) is 18.2 Å². The van der Waals surface area contributed by atoms with Crippen molar-refractivity contribution in [1.82, 2.24) is 25.2 Å². The number of aromatic nitrogens is 3. The van der Waals surface area contributed by atoms with Crippen LogP contribution >= 0.6 is 0 Å². The van der Waals surface area contributed by atoms with Crippen LogP contribution in [-0.2, 0) is 13.0 Å². The topological polar surface area (TPSA) is 105 Å². The van der Waals surface area contributed by atoms with Gasteiger partial charge in [-0.05, 0) is 67.5 Å². The van der Waals surface area contributed by atoms with Crippen molar-refractivity contribution in [2.45, 2.75) is 46.2 Å². The van der Waals surface area contributed by atoms with Gasteiger partial charge in [-0.3, -0.25) is 14.4 Å². The quantitative estimate of drug-likeness (QED) is 0.374. The fourth-order valence-corrected chi connectivity index (χ4v) is 4.95. The van der Waals surface area contributed by atoms with Crippen molar-refractivity contribution in [3.63, 3.8) is 0 Å². The van der Waals surface area contributed by atoms with Crippen LogP contribution in [0.5, 0.6) is 0 Å². The summed E-state index contributed by atoms with van der Waals surface area (Å²) in [5, 5.41) is 9.57. The first-order valence-corrected chi connectivity index (χ1v) is 12.2. The minimum Gasteiger partial charge on any atom is -0.347 e. The zero-order valence-corrected chi connectivity index (χ0v) is 21.1. The molecule has 8 nitrogen and oxygen atoms in total. The van der Waals surface area contributed by atoms with E-state index in [2.05, 4.69) is 20.7 Å². The second kappa shape index (κ2) is 9.77. The number of Topliss-reactive ketones (excluding diaryl/α,β-unsaturated/α-hetero) is 1. The number of nitrogens with one attached hydrogen (secondary N) is 2. The van der Waals surface area contributed by atoms with Gasteiger partial charge in [-0.2, -0.15) is 5.10 Å². The average Bonchev–Trinajstić information content (AvgIpc) is 3.47. The largest absolute Gasteiger partial charge is 0.347 e. The first-order valence-electron chi connectivity index (χ1n) is 12.2. The molecule has 0 aliphatic heterocycles. The smallest absolute Gasteiger partial charge is 0.270 e. The summed E-state index contributed by atoms with van der Waals surface area (Å²) >= 11 is 0. The molecule has 0 saturated heterocycles. The van der Waals surface area contributed by atoms with Crippen molar-refractivity contribution < 1.29 is 23.2 Å². The number of carbonyl (C=O) groups is 3. The number of fused-ring (bicyclic) bond motifs is 2. The molecule has 10 heteroatoms. The Morgan fingerprint density at radius 2 is 1.84 bits per heavy atom. The molecule has 0 spiro atoms. The van der Waals surface area contributed by atoms with E-state index in [1.54, 1.807) is 25.1 Å². The monoisotopic (exact) mass is 517 g/mol. The number of hydrogen-bond acceptors (Lipinski definition) is 5. The van der Waals surface area contributed by atoms with E-state index >= 15 is 0 Å². The van der Waals surface area contributed by atoms with E-state index in [-0.39, 0.29) is 41.2 Å². The van der Waals surface area contributed by atoms with Gasteiger partial charge in [-0.1, -0.05) is 24.3 Å². The Bertz CT molecular complexity index is 1630. The van der Waals surface area contributed by atoms with E-state index in [9.17, 15) is 23.2 Å². The van der Waals surface area contributed by atoms with E-state index in [0.29, 0.717) is 29.5 Å². The number of hydrogen-bond donors (Lipinski definition) is 2. The summed E-state index contributed by atoms with van der Waals surface area (Å²) in [7, 11) is 0. The van der Waals surface area contributed by atoms with Gasteiger partial charge in [0.05, 0.1) is 12.2 Å². The Labute approximate surface area is 217 Å². The van der Waals surface area contributed by atoms with Gasteiger partial charge < -0.3 is 10.6 Å².